The van der Waals surface area contributed by atoms with Gasteiger partial charge in [0.1, 0.15) is 69.4 Å². The van der Waals surface area contributed by atoms with Crippen molar-refractivity contribution in [2.24, 2.45) is 5.92 Å². The van der Waals surface area contributed by atoms with E-state index in [4.69, 9.17) is 18.9 Å². The van der Waals surface area contributed by atoms with Crippen molar-refractivity contribution in [1.82, 2.24) is 77.7 Å². The number of pyridine rings is 2. The summed E-state index contributed by atoms with van der Waals surface area (Å²) >= 11 is 0. The molecule has 23 nitrogen and oxygen atoms in total. The lowest BCUT2D eigenvalue weighted by atomic mass is 9.95. The van der Waals surface area contributed by atoms with Crippen molar-refractivity contribution in [2.45, 2.75) is 89.6 Å². The minimum Gasteiger partial charge on any atom is -0.488 e. The van der Waals surface area contributed by atoms with Gasteiger partial charge < -0.3 is 33.9 Å². The van der Waals surface area contributed by atoms with E-state index in [0.717, 1.165) is 150 Å². The van der Waals surface area contributed by atoms with E-state index in [9.17, 15) is 18.8 Å². The van der Waals surface area contributed by atoms with Crippen LogP contribution in [0.1, 0.15) is 92.3 Å². The van der Waals surface area contributed by atoms with Crippen molar-refractivity contribution in [3.63, 3.8) is 0 Å². The minimum atomic E-state index is -0.311. The number of aromatic nitrogens is 13. The highest BCUT2D eigenvalue weighted by Crippen LogP contribution is 2.33. The number of nitrogens with one attached hydrogen (secondary N) is 3. The topological polar surface area (TPSA) is 249 Å². The number of hydrogen-bond acceptors (Lipinski definition) is 17. The third kappa shape index (κ3) is 15.4. The molecule has 0 spiro atoms. The first-order valence-corrected chi connectivity index (χ1v) is 32.4. The predicted molar refractivity (Wildman–Crippen MR) is 353 cm³/mol. The van der Waals surface area contributed by atoms with Gasteiger partial charge in [0.05, 0.1) is 25.1 Å². The second-order valence-corrected chi connectivity index (χ2v) is 22.8. The Hall–Kier alpha value is -7.52. The average Bonchev–Trinajstić information content (AvgIpc) is 2.66. The quantitative estimate of drug-likeness (QED) is 0.0900. The number of nitrogens with zero attached hydrogens (tertiary/aromatic N) is 13. The molecule has 0 saturated carbocycles. The number of H-pyrrole nitrogens is 3. The van der Waals surface area contributed by atoms with Gasteiger partial charge in [0.15, 0.2) is 0 Å². The molecule has 3 N–H and O–H groups in total. The second kappa shape index (κ2) is 30.5. The summed E-state index contributed by atoms with van der Waals surface area (Å²) < 4.78 is 41.7. The Morgan fingerprint density at radius 3 is 1.53 bits per heavy atom. The van der Waals surface area contributed by atoms with Crippen LogP contribution in [-0.4, -0.2) is 156 Å². The van der Waals surface area contributed by atoms with Gasteiger partial charge in [0.2, 0.25) is 0 Å². The van der Waals surface area contributed by atoms with E-state index < -0.39 is 0 Å². The van der Waals surface area contributed by atoms with Gasteiger partial charge in [-0.05, 0) is 86.2 Å². The Balaban J connectivity index is 0.000000145. The minimum absolute atomic E-state index is 0. The van der Waals surface area contributed by atoms with Crippen LogP contribution < -0.4 is 26.2 Å². The third-order valence-corrected chi connectivity index (χ3v) is 16.7. The summed E-state index contributed by atoms with van der Waals surface area (Å²) in [5.41, 5.74) is 4.74. The van der Waals surface area contributed by atoms with Crippen LogP contribution in [0.2, 0.25) is 0 Å². The molecule has 90 heavy (non-hydrogen) atoms. The number of likely N-dealkylation sites (tertiary alicyclic amines) is 3. The van der Waals surface area contributed by atoms with E-state index in [1.54, 1.807) is 66.1 Å². The molecular formula is C63H78FN16O7P3. The van der Waals surface area contributed by atoms with Gasteiger partial charge in [-0.2, -0.15) is 9.90 Å². The zero-order valence-electron chi connectivity index (χ0n) is 49.5. The molecule has 5 aliphatic rings. The average molecular weight is 1280 g/mol. The number of fused-ring (bicyclic) bond motifs is 3. The maximum atomic E-state index is 13.2. The van der Waals surface area contributed by atoms with Gasteiger partial charge in [-0.1, -0.05) is 14.4 Å². The lowest BCUT2D eigenvalue weighted by Crippen LogP contribution is -2.53. The predicted octanol–water partition coefficient (Wildman–Crippen LogP) is 7.35. The maximum absolute atomic E-state index is 13.2. The number of aromatic amines is 3. The molecule has 10 aromatic rings. The summed E-state index contributed by atoms with van der Waals surface area (Å²) in [6.45, 7) is 12.3. The van der Waals surface area contributed by atoms with Gasteiger partial charge in [-0.3, -0.25) is 52.3 Å². The van der Waals surface area contributed by atoms with Gasteiger partial charge in [-0.15, -0.1) is 17.9 Å². The highest BCUT2D eigenvalue weighted by atomic mass is 32.0. The van der Waals surface area contributed by atoms with Gasteiger partial charge in [0.25, 0.3) is 16.7 Å². The number of benzene rings is 1. The monoisotopic (exact) mass is 1280 g/mol. The fraction of sp³-hybridized carbons (Fsp3) is 0.397. The molecule has 3 unspecified atom stereocenters. The molecule has 5 aliphatic heterocycles. The van der Waals surface area contributed by atoms with E-state index in [0.29, 0.717) is 53.2 Å². The summed E-state index contributed by atoms with van der Waals surface area (Å²) in [5, 5.41) is 0. The molecule has 0 amide bonds. The Kier molecular flexibility index (Phi) is 22.2. The van der Waals surface area contributed by atoms with Crippen LogP contribution in [0.15, 0.2) is 143 Å². The first kappa shape index (κ1) is 65.4. The van der Waals surface area contributed by atoms with E-state index in [1.807, 2.05) is 51.5 Å². The third-order valence-electron chi connectivity index (χ3n) is 16.7. The summed E-state index contributed by atoms with van der Waals surface area (Å²) in [6.07, 6.45) is 25.4. The van der Waals surface area contributed by atoms with Crippen LogP contribution in [0.25, 0.3) is 27.9 Å². The molecule has 15 rings (SSSR count). The summed E-state index contributed by atoms with van der Waals surface area (Å²) in [7, 11) is 4.67. The normalized spacial score (nSPS) is 18.4. The Bertz CT molecular complexity index is 4100. The van der Waals surface area contributed by atoms with E-state index in [2.05, 4.69) is 95.5 Å². The van der Waals surface area contributed by atoms with Crippen molar-refractivity contribution in [1.29, 1.82) is 0 Å². The van der Waals surface area contributed by atoms with Crippen LogP contribution in [0, 0.1) is 11.7 Å². The number of imidazole rings is 3. The number of rotatable bonds is 14. The number of ether oxygens (including phenoxy) is 4. The number of halogens is 1. The number of hydrogen-bond donors (Lipinski definition) is 3. The largest absolute Gasteiger partial charge is 0.488 e. The van der Waals surface area contributed by atoms with Crippen molar-refractivity contribution < 1.29 is 23.3 Å². The highest BCUT2D eigenvalue weighted by Gasteiger charge is 2.34. The Morgan fingerprint density at radius 1 is 0.556 bits per heavy atom. The molecule has 1 aromatic carbocycles. The van der Waals surface area contributed by atoms with E-state index in [-0.39, 0.29) is 57.9 Å². The van der Waals surface area contributed by atoms with Crippen LogP contribution in [-0.2, 0) is 29.1 Å². The van der Waals surface area contributed by atoms with Crippen LogP contribution in [0.5, 0.6) is 11.5 Å². The Morgan fingerprint density at radius 2 is 1.01 bits per heavy atom. The standard InChI is InChI=1S/C21H18FN5O2.C21H26N6O2.C20H23N5O3.CH4.H4P2.H3P/c22-15-3-1-14(2-4-15)20-24-9-19-21(28)25-16(11-27(19)20)10-26-12-18(13-26)29-17-5-7-23-8-6-17;1-14-10-26(13-19-22-5-2-6-23-19)11-16(14)17-12-27-18(21(28)25-17)9-24-20(27)15-3-7-29-8-4-15;26-20-18-9-22-19(14-3-7-27-8-4-14)25(18)11-15(23-20)10-24-12-17(13-24)28-16-1-5-21-6-2-16;;1-2;/h1-9,11,18H,10,12-13H2,(H,25,28);2,5-6,9,12,14-16H,3-4,7-8,10-11,13H2,1H3,(H,25,28);1-2,5-6,9,11,14,17H,3-4,7-8,10,12-13H2,(H,23,26);1H4;1-2H2;1H3/t;14-,16-;;;;/m.1..../s1. The van der Waals surface area contributed by atoms with Crippen LogP contribution in [0.3, 0.4) is 0 Å². The SMILES string of the molecule is C.C[C@@H]1CN(Cc2ncccn2)C[C@H]1c1cn2c(C3CCOCC3)ncc2c(=O)[nH]1.O=c1[nH]c(CN2CC(Oc3ccncc3)C2)cn2c(-c3ccc(F)cc3)ncc12.O=c1[nH]c(CN2CC(Oc3ccncc3)C2)cn2c(C3CCOCC3)ncc12.P.PP. The molecule has 14 heterocycles. The van der Waals surface area contributed by atoms with Gasteiger partial charge >= 0.3 is 0 Å². The first-order chi connectivity index (χ1) is 43.1. The molecule has 5 saturated heterocycles. The van der Waals surface area contributed by atoms with Crippen molar-refractivity contribution in [2.75, 3.05) is 65.7 Å². The van der Waals surface area contributed by atoms with Crippen molar-refractivity contribution in [3.8, 4) is 22.9 Å². The smallest absolute Gasteiger partial charge is 0.274 e. The molecule has 5 atom stereocenters. The molecule has 9 aromatic heterocycles. The molecule has 0 bridgehead atoms. The van der Waals surface area contributed by atoms with Gasteiger partial charge in [-0.25, -0.2) is 29.3 Å². The zero-order valence-corrected chi connectivity index (χ0v) is 53.2. The molecular weight excluding hydrogens is 1200 g/mol. The Labute approximate surface area is 527 Å². The lowest BCUT2D eigenvalue weighted by Gasteiger charge is -2.38. The summed E-state index contributed by atoms with van der Waals surface area (Å²) in [5.74, 6) is 6.11. The highest BCUT2D eigenvalue weighted by molar-refractivity contribution is 7.92. The fourth-order valence-electron chi connectivity index (χ4n) is 12.2. The molecule has 27 heteroatoms. The zero-order chi connectivity index (χ0) is 60.5. The lowest BCUT2D eigenvalue weighted by molar-refractivity contribution is 0.0135. The van der Waals surface area contributed by atoms with Crippen molar-refractivity contribution in [3.05, 3.63) is 200 Å². The van der Waals surface area contributed by atoms with Crippen LogP contribution in [0.4, 0.5) is 4.39 Å². The first-order valence-electron chi connectivity index (χ1n) is 29.7. The molecule has 5 fully saturated rings. The van der Waals surface area contributed by atoms with E-state index >= 15 is 0 Å². The molecule has 474 valence electrons. The second-order valence-electron chi connectivity index (χ2n) is 22.8. The van der Waals surface area contributed by atoms with Gasteiger partial charge in [0, 0.05) is 175 Å². The summed E-state index contributed by atoms with van der Waals surface area (Å²) in [4.78, 5) is 83.7. The molecule has 0 radical (unpaired) electrons. The van der Waals surface area contributed by atoms with Crippen molar-refractivity contribution >= 4 is 44.3 Å². The summed E-state index contributed by atoms with van der Waals surface area (Å²) in [6, 6.07) is 15.3. The molecule has 0 aliphatic carbocycles. The fourth-order valence-corrected chi connectivity index (χ4v) is 12.2. The maximum Gasteiger partial charge on any atom is 0.274 e. The van der Waals surface area contributed by atoms with Crippen LogP contribution >= 0.6 is 27.8 Å². The van der Waals surface area contributed by atoms with E-state index in [1.165, 1.54) is 18.3 Å².